The van der Waals surface area contributed by atoms with E-state index in [2.05, 4.69) is 0 Å². The van der Waals surface area contributed by atoms with E-state index in [9.17, 15) is 8.42 Å². The number of hydrogen-bond donors (Lipinski definition) is 0. The largest absolute Gasteiger partial charge is 0.377 e. The minimum atomic E-state index is -3.76. The topological polar surface area (TPSA) is 145 Å². The molecule has 0 aromatic heterocycles. The Morgan fingerprint density at radius 2 is 0.580 bits per heavy atom. The van der Waals surface area contributed by atoms with Crippen LogP contribution in [-0.2, 0) is 73.0 Å². The van der Waals surface area contributed by atoms with Gasteiger partial charge in [-0.15, -0.1) is 0 Å². The van der Waals surface area contributed by atoms with E-state index < -0.39 is 10.1 Å². The molecule has 0 unspecified atom stereocenters. The zero-order valence-electron chi connectivity index (χ0n) is 29.2. The molecule has 0 bridgehead atoms. The molecule has 0 radical (unpaired) electrons. The summed E-state index contributed by atoms with van der Waals surface area (Å²) in [6, 6.07) is 18.0. The lowest BCUT2D eigenvalue weighted by molar-refractivity contribution is -0.0279. The highest BCUT2D eigenvalue weighted by atomic mass is 32.2. The van der Waals surface area contributed by atoms with Gasteiger partial charge >= 0.3 is 0 Å². The van der Waals surface area contributed by atoms with E-state index in [1.807, 2.05) is 30.3 Å². The minimum absolute atomic E-state index is 0.0593. The second kappa shape index (κ2) is 32.8. The summed E-state index contributed by atoms with van der Waals surface area (Å²) < 4.78 is 89.0. The number of ether oxygens (including phenoxy) is 11. The first-order valence-electron chi connectivity index (χ1n) is 17.0. The summed E-state index contributed by atoms with van der Waals surface area (Å²) in [6.45, 7) is 10.2. The van der Waals surface area contributed by atoms with Gasteiger partial charge in [0.2, 0.25) is 0 Å². The predicted molar refractivity (Wildman–Crippen MR) is 184 cm³/mol. The molecule has 0 saturated carbocycles. The first-order valence-corrected chi connectivity index (χ1v) is 18.4. The molecule has 0 spiro atoms. The number of benzene rings is 2. The summed E-state index contributed by atoms with van der Waals surface area (Å²) in [7, 11) is -3.76. The summed E-state index contributed by atoms with van der Waals surface area (Å²) >= 11 is 0. The maximum atomic E-state index is 12.0. The molecule has 15 heteroatoms. The van der Waals surface area contributed by atoms with Gasteiger partial charge in [-0.3, -0.25) is 4.18 Å². The number of rotatable bonds is 37. The average molecular weight is 733 g/mol. The average Bonchev–Trinajstić information content (AvgIpc) is 3.14. The fourth-order valence-corrected chi connectivity index (χ4v) is 4.74. The molecule has 14 nitrogen and oxygen atoms in total. The normalized spacial score (nSPS) is 11.8. The van der Waals surface area contributed by atoms with Gasteiger partial charge in [-0.2, -0.15) is 8.42 Å². The van der Waals surface area contributed by atoms with Crippen LogP contribution in [0.2, 0.25) is 0 Å². The molecule has 50 heavy (non-hydrogen) atoms. The molecule has 2 rings (SSSR count). The zero-order valence-corrected chi connectivity index (χ0v) is 30.0. The van der Waals surface area contributed by atoms with Crippen LogP contribution in [0.3, 0.4) is 0 Å². The lowest BCUT2D eigenvalue weighted by atomic mass is 10.2. The van der Waals surface area contributed by atoms with Crippen molar-refractivity contribution in [3.8, 4) is 0 Å². The minimum Gasteiger partial charge on any atom is -0.377 e. The van der Waals surface area contributed by atoms with Crippen molar-refractivity contribution in [2.75, 3.05) is 145 Å². The van der Waals surface area contributed by atoms with E-state index in [0.29, 0.717) is 139 Å². The molecule has 286 valence electrons. The van der Waals surface area contributed by atoms with E-state index in [1.54, 1.807) is 18.2 Å². The molecule has 0 fully saturated rings. The molecule has 0 N–H and O–H groups in total. The monoisotopic (exact) mass is 732 g/mol. The standard InChI is InChI=1S/C35H56O14S/c36-50(37,35-9-5-2-6-10-35)49-32-31-47-28-27-45-24-23-43-20-19-41-16-15-39-12-11-38-13-14-40-17-18-42-21-22-44-25-26-46-29-30-48-33-34-7-3-1-4-8-34/h1-10H,11-33H2. The molecule has 0 amide bonds. The highest BCUT2D eigenvalue weighted by Gasteiger charge is 2.13. The first kappa shape index (κ1) is 44.1. The molecule has 0 saturated heterocycles. The Kier molecular flexibility index (Phi) is 28.9. The van der Waals surface area contributed by atoms with Crippen molar-refractivity contribution in [2.24, 2.45) is 0 Å². The van der Waals surface area contributed by atoms with Gasteiger partial charge in [0.05, 0.1) is 157 Å². The Labute approximate surface area is 297 Å². The lowest BCUT2D eigenvalue weighted by Gasteiger charge is -2.09. The van der Waals surface area contributed by atoms with Gasteiger partial charge in [0.1, 0.15) is 0 Å². The fourth-order valence-electron chi connectivity index (χ4n) is 3.82. The highest BCUT2D eigenvalue weighted by molar-refractivity contribution is 7.86. The van der Waals surface area contributed by atoms with Crippen LogP contribution in [0, 0.1) is 0 Å². The fraction of sp³-hybridized carbons (Fsp3) is 0.657. The van der Waals surface area contributed by atoms with Crippen molar-refractivity contribution in [3.63, 3.8) is 0 Å². The smallest absolute Gasteiger partial charge is 0.297 e. The van der Waals surface area contributed by atoms with Gasteiger partial charge in [-0.05, 0) is 17.7 Å². The summed E-state index contributed by atoms with van der Waals surface area (Å²) in [5.74, 6) is 0. The molecule has 2 aromatic carbocycles. The van der Waals surface area contributed by atoms with Crippen molar-refractivity contribution < 1.29 is 64.7 Å². The van der Waals surface area contributed by atoms with Gasteiger partial charge in [0, 0.05) is 0 Å². The van der Waals surface area contributed by atoms with E-state index in [1.165, 1.54) is 12.1 Å². The summed E-state index contributed by atoms with van der Waals surface area (Å²) in [6.07, 6.45) is 0. The van der Waals surface area contributed by atoms with Gasteiger partial charge < -0.3 is 52.1 Å². The van der Waals surface area contributed by atoms with E-state index in [-0.39, 0.29) is 18.1 Å². The summed E-state index contributed by atoms with van der Waals surface area (Å²) in [4.78, 5) is 0.120. The molecular formula is C35H56O14S. The third-order valence-corrected chi connectivity index (χ3v) is 7.66. The van der Waals surface area contributed by atoms with E-state index in [4.69, 9.17) is 56.3 Å². The van der Waals surface area contributed by atoms with Crippen molar-refractivity contribution in [1.82, 2.24) is 0 Å². The van der Waals surface area contributed by atoms with Crippen molar-refractivity contribution >= 4 is 10.1 Å². The van der Waals surface area contributed by atoms with E-state index >= 15 is 0 Å². The Bertz CT molecular complexity index is 1100. The van der Waals surface area contributed by atoms with E-state index in [0.717, 1.165) is 5.56 Å². The molecule has 2 aromatic rings. The van der Waals surface area contributed by atoms with Crippen molar-refractivity contribution in [2.45, 2.75) is 11.5 Å². The molecule has 0 atom stereocenters. The Hall–Kier alpha value is -2.09. The summed E-state index contributed by atoms with van der Waals surface area (Å²) in [5.41, 5.74) is 1.15. The molecule has 0 aliphatic carbocycles. The second-order valence-electron chi connectivity index (χ2n) is 10.3. The van der Waals surface area contributed by atoms with Crippen LogP contribution in [-0.4, -0.2) is 154 Å². The van der Waals surface area contributed by atoms with Crippen LogP contribution in [0.15, 0.2) is 65.6 Å². The van der Waals surface area contributed by atoms with Gasteiger partial charge in [0.15, 0.2) is 0 Å². The molecular weight excluding hydrogens is 676 g/mol. The van der Waals surface area contributed by atoms with Gasteiger partial charge in [-0.25, -0.2) is 0 Å². The van der Waals surface area contributed by atoms with Gasteiger partial charge in [-0.1, -0.05) is 48.5 Å². The van der Waals surface area contributed by atoms with Crippen LogP contribution in [0.5, 0.6) is 0 Å². The predicted octanol–water partition coefficient (Wildman–Crippen LogP) is 2.77. The van der Waals surface area contributed by atoms with Crippen LogP contribution >= 0.6 is 0 Å². The third-order valence-electron chi connectivity index (χ3n) is 6.33. The maximum Gasteiger partial charge on any atom is 0.297 e. The highest BCUT2D eigenvalue weighted by Crippen LogP contribution is 2.10. The van der Waals surface area contributed by atoms with Crippen LogP contribution in [0.1, 0.15) is 5.56 Å². The number of hydrogen-bond acceptors (Lipinski definition) is 14. The Morgan fingerprint density at radius 3 is 0.900 bits per heavy atom. The molecule has 0 heterocycles. The van der Waals surface area contributed by atoms with Gasteiger partial charge in [0.25, 0.3) is 10.1 Å². The maximum absolute atomic E-state index is 12.0. The molecule has 0 aliphatic rings. The first-order chi connectivity index (χ1) is 24.7. The van der Waals surface area contributed by atoms with Crippen LogP contribution in [0.25, 0.3) is 0 Å². The second-order valence-corrected chi connectivity index (χ2v) is 11.9. The Balaban J connectivity index is 1.15. The third kappa shape index (κ3) is 26.7. The quantitative estimate of drug-likeness (QED) is 0.0742. The lowest BCUT2D eigenvalue weighted by Crippen LogP contribution is -2.16. The SMILES string of the molecule is O=S(=O)(OCCOCCOCCOCCOCCOCCOCCOCCOCCOCCOCCOCc1ccccc1)c1ccccc1. The Morgan fingerprint density at radius 1 is 0.320 bits per heavy atom. The molecule has 0 aliphatic heterocycles. The zero-order chi connectivity index (χ0) is 35.5. The summed E-state index contributed by atoms with van der Waals surface area (Å²) in [5, 5.41) is 0. The van der Waals surface area contributed by atoms with Crippen LogP contribution in [0.4, 0.5) is 0 Å². The van der Waals surface area contributed by atoms with Crippen LogP contribution < -0.4 is 0 Å². The van der Waals surface area contributed by atoms with Crippen molar-refractivity contribution in [3.05, 3.63) is 66.2 Å². The van der Waals surface area contributed by atoms with Crippen molar-refractivity contribution in [1.29, 1.82) is 0 Å².